The third-order valence-electron chi connectivity index (χ3n) is 3.11. The fourth-order valence-electron chi connectivity index (χ4n) is 2.10. The molecule has 0 aromatic carbocycles. The Labute approximate surface area is 97.1 Å². The Morgan fingerprint density at radius 1 is 1.62 bits per heavy atom. The first-order chi connectivity index (χ1) is 7.67. The molecular formula is C11H23N3O2. The molecule has 5 nitrogen and oxygen atoms in total. The zero-order valence-electron chi connectivity index (χ0n) is 10.0. The lowest BCUT2D eigenvalue weighted by molar-refractivity contribution is -0.121. The van der Waals surface area contributed by atoms with Crippen LogP contribution in [0.4, 0.5) is 0 Å². The molecular weight excluding hydrogens is 206 g/mol. The molecule has 0 aromatic rings. The Morgan fingerprint density at radius 3 is 2.88 bits per heavy atom. The Hall–Kier alpha value is -0.650. The van der Waals surface area contributed by atoms with Crippen molar-refractivity contribution in [3.63, 3.8) is 0 Å². The number of nitrogens with zero attached hydrogens (tertiary/aromatic N) is 1. The Bertz CT molecular complexity index is 223. The lowest BCUT2D eigenvalue weighted by Gasteiger charge is -2.20. The summed E-state index contributed by atoms with van der Waals surface area (Å²) in [5.74, 6) is -0.147. The van der Waals surface area contributed by atoms with E-state index in [4.69, 9.17) is 16.2 Å². The fraction of sp³-hybridized carbons (Fsp3) is 0.909. The number of hydrogen-bond acceptors (Lipinski definition) is 4. The van der Waals surface area contributed by atoms with E-state index in [0.717, 1.165) is 32.5 Å². The summed E-state index contributed by atoms with van der Waals surface area (Å²) in [6.07, 6.45) is 1.95. The molecule has 5 heteroatoms. The molecule has 0 radical (unpaired) electrons. The van der Waals surface area contributed by atoms with E-state index in [9.17, 15) is 4.79 Å². The smallest absolute Gasteiger partial charge is 0.221 e. The van der Waals surface area contributed by atoms with Crippen molar-refractivity contribution in [3.05, 3.63) is 0 Å². The van der Waals surface area contributed by atoms with E-state index in [2.05, 4.69) is 4.90 Å². The highest BCUT2D eigenvalue weighted by Crippen LogP contribution is 2.16. The quantitative estimate of drug-likeness (QED) is 0.619. The van der Waals surface area contributed by atoms with Gasteiger partial charge in [-0.05, 0) is 26.3 Å². The number of amides is 1. The average molecular weight is 229 g/mol. The highest BCUT2D eigenvalue weighted by atomic mass is 16.5. The van der Waals surface area contributed by atoms with E-state index in [-0.39, 0.29) is 17.9 Å². The Balaban J connectivity index is 2.21. The first kappa shape index (κ1) is 13.4. The molecule has 0 bridgehead atoms. The molecule has 16 heavy (non-hydrogen) atoms. The van der Waals surface area contributed by atoms with Crippen LogP contribution in [0.5, 0.6) is 0 Å². The van der Waals surface area contributed by atoms with Crippen molar-refractivity contribution in [3.8, 4) is 0 Å². The number of hydrogen-bond donors (Lipinski definition) is 2. The minimum atomic E-state index is -0.178. The molecule has 1 fully saturated rings. The minimum absolute atomic E-state index is 0.0309. The zero-order valence-corrected chi connectivity index (χ0v) is 10.0. The summed E-state index contributed by atoms with van der Waals surface area (Å²) in [6, 6.07) is 0. The predicted octanol–water partition coefficient (Wildman–Crippen LogP) is -0.452. The van der Waals surface area contributed by atoms with Crippen LogP contribution in [0.2, 0.25) is 0 Å². The van der Waals surface area contributed by atoms with Gasteiger partial charge in [-0.15, -0.1) is 0 Å². The monoisotopic (exact) mass is 229 g/mol. The van der Waals surface area contributed by atoms with Gasteiger partial charge in [0.15, 0.2) is 0 Å². The molecule has 2 atom stereocenters. The lowest BCUT2D eigenvalue weighted by atomic mass is 10.1. The van der Waals surface area contributed by atoms with Crippen molar-refractivity contribution < 1.29 is 9.53 Å². The van der Waals surface area contributed by atoms with E-state index >= 15 is 0 Å². The maximum atomic E-state index is 11.0. The van der Waals surface area contributed by atoms with Crippen molar-refractivity contribution in [1.82, 2.24) is 4.90 Å². The summed E-state index contributed by atoms with van der Waals surface area (Å²) < 4.78 is 5.48. The van der Waals surface area contributed by atoms with Gasteiger partial charge in [0.05, 0.1) is 12.0 Å². The zero-order chi connectivity index (χ0) is 12.0. The van der Waals surface area contributed by atoms with Gasteiger partial charge in [0.2, 0.25) is 5.91 Å². The van der Waals surface area contributed by atoms with E-state index in [0.29, 0.717) is 13.2 Å². The summed E-state index contributed by atoms with van der Waals surface area (Å²) in [4.78, 5) is 13.3. The van der Waals surface area contributed by atoms with Crippen LogP contribution < -0.4 is 11.5 Å². The van der Waals surface area contributed by atoms with Crippen molar-refractivity contribution in [2.24, 2.45) is 17.4 Å². The molecule has 0 aromatic heterocycles. The van der Waals surface area contributed by atoms with Gasteiger partial charge in [-0.2, -0.15) is 0 Å². The summed E-state index contributed by atoms with van der Waals surface area (Å²) >= 11 is 0. The predicted molar refractivity (Wildman–Crippen MR) is 62.8 cm³/mol. The lowest BCUT2D eigenvalue weighted by Crippen LogP contribution is -2.32. The molecule has 0 spiro atoms. The van der Waals surface area contributed by atoms with Gasteiger partial charge in [-0.3, -0.25) is 4.79 Å². The number of carbonyl (C=O) groups excluding carboxylic acids is 1. The number of primary amides is 1. The van der Waals surface area contributed by atoms with Gasteiger partial charge in [-0.1, -0.05) is 0 Å². The molecule has 4 N–H and O–H groups in total. The van der Waals surface area contributed by atoms with Crippen LogP contribution in [0.25, 0.3) is 0 Å². The normalized spacial score (nSPS) is 23.5. The second kappa shape index (κ2) is 6.83. The summed E-state index contributed by atoms with van der Waals surface area (Å²) in [5.41, 5.74) is 10.9. The van der Waals surface area contributed by atoms with Crippen molar-refractivity contribution >= 4 is 5.91 Å². The van der Waals surface area contributed by atoms with Crippen LogP contribution in [-0.4, -0.2) is 49.7 Å². The first-order valence-electron chi connectivity index (χ1n) is 6.00. The standard InChI is InChI=1S/C11H23N3O2/c1-2-16-10(7-12)4-6-14-5-3-9(8-14)11(13)15/h9-10H,2-8,12H2,1H3,(H2,13,15). The molecule has 2 unspecified atom stereocenters. The maximum absolute atomic E-state index is 11.0. The highest BCUT2D eigenvalue weighted by Gasteiger charge is 2.26. The van der Waals surface area contributed by atoms with Gasteiger partial charge in [0.1, 0.15) is 0 Å². The van der Waals surface area contributed by atoms with Crippen LogP contribution in [-0.2, 0) is 9.53 Å². The molecule has 1 rings (SSSR count). The SMILES string of the molecule is CCOC(CN)CCN1CCC(C(N)=O)C1. The maximum Gasteiger partial charge on any atom is 0.221 e. The number of likely N-dealkylation sites (tertiary alicyclic amines) is 1. The second-order valence-corrected chi connectivity index (χ2v) is 4.29. The molecule has 1 aliphatic rings. The number of nitrogens with two attached hydrogens (primary N) is 2. The number of ether oxygens (including phenoxy) is 1. The van der Waals surface area contributed by atoms with Crippen LogP contribution in [0.15, 0.2) is 0 Å². The highest BCUT2D eigenvalue weighted by molar-refractivity contribution is 5.77. The van der Waals surface area contributed by atoms with Crippen molar-refractivity contribution in [2.75, 3.05) is 32.8 Å². The molecule has 1 aliphatic heterocycles. The fourth-order valence-corrected chi connectivity index (χ4v) is 2.10. The third-order valence-corrected chi connectivity index (χ3v) is 3.11. The first-order valence-corrected chi connectivity index (χ1v) is 6.00. The van der Waals surface area contributed by atoms with Crippen LogP contribution in [0.3, 0.4) is 0 Å². The van der Waals surface area contributed by atoms with Crippen LogP contribution in [0, 0.1) is 5.92 Å². The van der Waals surface area contributed by atoms with Crippen molar-refractivity contribution in [1.29, 1.82) is 0 Å². The van der Waals surface area contributed by atoms with Gasteiger partial charge >= 0.3 is 0 Å². The largest absolute Gasteiger partial charge is 0.377 e. The van der Waals surface area contributed by atoms with Gasteiger partial charge < -0.3 is 21.1 Å². The van der Waals surface area contributed by atoms with Crippen LogP contribution in [0.1, 0.15) is 19.8 Å². The topological polar surface area (TPSA) is 81.6 Å². The molecule has 94 valence electrons. The summed E-state index contributed by atoms with van der Waals surface area (Å²) in [6.45, 7) is 5.91. The summed E-state index contributed by atoms with van der Waals surface area (Å²) in [7, 11) is 0. The average Bonchev–Trinajstić information content (AvgIpc) is 2.73. The van der Waals surface area contributed by atoms with E-state index in [1.807, 2.05) is 6.92 Å². The van der Waals surface area contributed by atoms with E-state index < -0.39 is 0 Å². The van der Waals surface area contributed by atoms with Gasteiger partial charge in [-0.25, -0.2) is 0 Å². The van der Waals surface area contributed by atoms with Gasteiger partial charge in [0.25, 0.3) is 0 Å². The molecule has 1 heterocycles. The molecule has 0 aliphatic carbocycles. The Morgan fingerprint density at radius 2 is 2.38 bits per heavy atom. The summed E-state index contributed by atoms with van der Waals surface area (Å²) in [5, 5.41) is 0. The molecule has 1 saturated heterocycles. The van der Waals surface area contributed by atoms with E-state index in [1.165, 1.54) is 0 Å². The molecule has 1 amide bonds. The molecule has 0 saturated carbocycles. The second-order valence-electron chi connectivity index (χ2n) is 4.29. The number of carbonyl (C=O) groups is 1. The van der Waals surface area contributed by atoms with Crippen molar-refractivity contribution in [2.45, 2.75) is 25.9 Å². The van der Waals surface area contributed by atoms with E-state index in [1.54, 1.807) is 0 Å². The third kappa shape index (κ3) is 4.08. The number of rotatable bonds is 7. The Kier molecular flexibility index (Phi) is 5.73. The van der Waals surface area contributed by atoms with Crippen LogP contribution >= 0.6 is 0 Å². The van der Waals surface area contributed by atoms with Gasteiger partial charge in [0, 0.05) is 26.2 Å². The minimum Gasteiger partial charge on any atom is -0.377 e.